The molecule has 2 aromatic rings. The summed E-state index contributed by atoms with van der Waals surface area (Å²) in [5, 5.41) is 6.93. The molecule has 0 spiro atoms. The smallest absolute Gasteiger partial charge is 0.224 e. The second-order valence-corrected chi connectivity index (χ2v) is 4.55. The Morgan fingerprint density at radius 1 is 1.30 bits per heavy atom. The van der Waals surface area contributed by atoms with Crippen LogP contribution in [0.1, 0.15) is 18.1 Å². The number of rotatable bonds is 6. The maximum atomic E-state index is 11.8. The zero-order valence-corrected chi connectivity index (χ0v) is 11.8. The van der Waals surface area contributed by atoms with E-state index in [1.165, 1.54) is 0 Å². The molecule has 1 aromatic heterocycles. The maximum Gasteiger partial charge on any atom is 0.224 e. The van der Waals surface area contributed by atoms with Crippen LogP contribution in [0.15, 0.2) is 36.7 Å². The molecule has 5 nitrogen and oxygen atoms in total. The van der Waals surface area contributed by atoms with Crippen molar-refractivity contribution in [3.63, 3.8) is 0 Å². The summed E-state index contributed by atoms with van der Waals surface area (Å²) in [7, 11) is 1.85. The van der Waals surface area contributed by atoms with Crippen molar-refractivity contribution in [1.82, 2.24) is 15.1 Å². The Morgan fingerprint density at radius 3 is 2.65 bits per heavy atom. The standard InChI is InChI=1S/C15H19N3O2/c1-3-20-14-6-4-12(5-7-14)8-15(19)16-9-13-10-17-18(2)11-13/h4-7,10-11H,3,8-9H2,1-2H3,(H,16,19). The molecular weight excluding hydrogens is 254 g/mol. The number of nitrogens with one attached hydrogen (secondary N) is 1. The molecule has 0 unspecified atom stereocenters. The Hall–Kier alpha value is -2.30. The zero-order valence-electron chi connectivity index (χ0n) is 11.8. The quantitative estimate of drug-likeness (QED) is 0.871. The van der Waals surface area contributed by atoms with Gasteiger partial charge in [0, 0.05) is 25.4 Å². The monoisotopic (exact) mass is 273 g/mol. The number of amides is 1. The summed E-state index contributed by atoms with van der Waals surface area (Å²) < 4.78 is 7.08. The van der Waals surface area contributed by atoms with E-state index in [-0.39, 0.29) is 5.91 Å². The minimum Gasteiger partial charge on any atom is -0.494 e. The number of carbonyl (C=O) groups is 1. The van der Waals surface area contributed by atoms with Crippen molar-refractivity contribution in [2.45, 2.75) is 19.9 Å². The number of aryl methyl sites for hydroxylation is 1. The highest BCUT2D eigenvalue weighted by molar-refractivity contribution is 5.78. The third-order valence-corrected chi connectivity index (χ3v) is 2.85. The number of carbonyl (C=O) groups excluding carboxylic acids is 1. The molecule has 1 heterocycles. The van der Waals surface area contributed by atoms with Gasteiger partial charge in [-0.25, -0.2) is 0 Å². The van der Waals surface area contributed by atoms with E-state index in [1.54, 1.807) is 10.9 Å². The molecule has 106 valence electrons. The van der Waals surface area contributed by atoms with Crippen molar-refractivity contribution < 1.29 is 9.53 Å². The van der Waals surface area contributed by atoms with E-state index in [0.29, 0.717) is 19.6 Å². The number of nitrogens with zero attached hydrogens (tertiary/aromatic N) is 2. The lowest BCUT2D eigenvalue weighted by atomic mass is 10.1. The van der Waals surface area contributed by atoms with Gasteiger partial charge in [-0.2, -0.15) is 5.10 Å². The fourth-order valence-corrected chi connectivity index (χ4v) is 1.88. The molecule has 0 fully saturated rings. The molecule has 2 rings (SSSR count). The molecule has 0 bridgehead atoms. The first-order chi connectivity index (χ1) is 9.67. The highest BCUT2D eigenvalue weighted by atomic mass is 16.5. The third kappa shape index (κ3) is 4.12. The van der Waals surface area contributed by atoms with Crippen LogP contribution >= 0.6 is 0 Å². The summed E-state index contributed by atoms with van der Waals surface area (Å²) in [6.45, 7) is 3.09. The van der Waals surface area contributed by atoms with Crippen LogP contribution in [0.5, 0.6) is 5.75 Å². The summed E-state index contributed by atoms with van der Waals surface area (Å²) in [6.07, 6.45) is 4.00. The third-order valence-electron chi connectivity index (χ3n) is 2.85. The minimum absolute atomic E-state index is 0.00184. The number of hydrogen-bond donors (Lipinski definition) is 1. The molecule has 0 saturated carbocycles. The van der Waals surface area contributed by atoms with Gasteiger partial charge in [-0.1, -0.05) is 12.1 Å². The van der Waals surface area contributed by atoms with Crippen molar-refractivity contribution in [3.05, 3.63) is 47.8 Å². The van der Waals surface area contributed by atoms with Gasteiger partial charge in [0.15, 0.2) is 0 Å². The molecule has 0 radical (unpaired) electrons. The zero-order chi connectivity index (χ0) is 14.4. The molecule has 0 aliphatic rings. The fraction of sp³-hybridized carbons (Fsp3) is 0.333. The van der Waals surface area contributed by atoms with Crippen LogP contribution in [-0.2, 0) is 24.8 Å². The Kier molecular flexibility index (Phi) is 4.76. The van der Waals surface area contributed by atoms with Crippen molar-refractivity contribution >= 4 is 5.91 Å². The van der Waals surface area contributed by atoms with Crippen molar-refractivity contribution in [2.24, 2.45) is 7.05 Å². The first-order valence-corrected chi connectivity index (χ1v) is 6.63. The minimum atomic E-state index is -0.00184. The first-order valence-electron chi connectivity index (χ1n) is 6.63. The topological polar surface area (TPSA) is 56.1 Å². The summed E-state index contributed by atoms with van der Waals surface area (Å²) >= 11 is 0. The van der Waals surface area contributed by atoms with Gasteiger partial charge in [-0.15, -0.1) is 0 Å². The second kappa shape index (κ2) is 6.75. The van der Waals surface area contributed by atoms with Crippen LogP contribution in [0.4, 0.5) is 0 Å². The molecule has 0 aliphatic heterocycles. The summed E-state index contributed by atoms with van der Waals surface area (Å²) in [4.78, 5) is 11.8. The number of benzene rings is 1. The molecule has 0 atom stereocenters. The van der Waals surface area contributed by atoms with E-state index >= 15 is 0 Å². The van der Waals surface area contributed by atoms with Crippen LogP contribution in [0.3, 0.4) is 0 Å². The summed E-state index contributed by atoms with van der Waals surface area (Å²) in [6, 6.07) is 7.59. The second-order valence-electron chi connectivity index (χ2n) is 4.55. The van der Waals surface area contributed by atoms with E-state index in [0.717, 1.165) is 16.9 Å². The molecular formula is C15H19N3O2. The largest absolute Gasteiger partial charge is 0.494 e. The van der Waals surface area contributed by atoms with Gasteiger partial charge >= 0.3 is 0 Å². The predicted molar refractivity (Wildman–Crippen MR) is 76.4 cm³/mol. The van der Waals surface area contributed by atoms with E-state index in [4.69, 9.17) is 4.74 Å². The van der Waals surface area contributed by atoms with Gasteiger partial charge in [0.05, 0.1) is 19.2 Å². The maximum absolute atomic E-state index is 11.8. The summed E-state index contributed by atoms with van der Waals surface area (Å²) in [5.74, 6) is 0.824. The van der Waals surface area contributed by atoms with Crippen LogP contribution < -0.4 is 10.1 Å². The number of aromatic nitrogens is 2. The lowest BCUT2D eigenvalue weighted by molar-refractivity contribution is -0.120. The number of hydrogen-bond acceptors (Lipinski definition) is 3. The van der Waals surface area contributed by atoms with Crippen LogP contribution in [0, 0.1) is 0 Å². The van der Waals surface area contributed by atoms with E-state index in [9.17, 15) is 4.79 Å². The van der Waals surface area contributed by atoms with Crippen LogP contribution in [-0.4, -0.2) is 22.3 Å². The van der Waals surface area contributed by atoms with E-state index in [2.05, 4.69) is 10.4 Å². The Balaban J connectivity index is 1.81. The van der Waals surface area contributed by atoms with Gasteiger partial charge in [-0.05, 0) is 24.6 Å². The first kappa shape index (κ1) is 14.1. The molecule has 1 amide bonds. The van der Waals surface area contributed by atoms with Gasteiger partial charge in [0.1, 0.15) is 5.75 Å². The van der Waals surface area contributed by atoms with Gasteiger partial charge in [-0.3, -0.25) is 9.48 Å². The van der Waals surface area contributed by atoms with Gasteiger partial charge < -0.3 is 10.1 Å². The Morgan fingerprint density at radius 2 is 2.05 bits per heavy atom. The highest BCUT2D eigenvalue weighted by Gasteiger charge is 2.04. The lowest BCUT2D eigenvalue weighted by Gasteiger charge is -2.06. The lowest BCUT2D eigenvalue weighted by Crippen LogP contribution is -2.24. The molecule has 20 heavy (non-hydrogen) atoms. The highest BCUT2D eigenvalue weighted by Crippen LogP contribution is 2.12. The molecule has 0 aliphatic carbocycles. The molecule has 1 N–H and O–H groups in total. The van der Waals surface area contributed by atoms with E-state index in [1.807, 2.05) is 44.4 Å². The average molecular weight is 273 g/mol. The molecule has 5 heteroatoms. The van der Waals surface area contributed by atoms with Crippen LogP contribution in [0.2, 0.25) is 0 Å². The Bertz CT molecular complexity index is 561. The molecule has 0 saturated heterocycles. The average Bonchev–Trinajstić information content (AvgIpc) is 2.85. The molecule has 1 aromatic carbocycles. The fourth-order valence-electron chi connectivity index (χ4n) is 1.88. The SMILES string of the molecule is CCOc1ccc(CC(=O)NCc2cnn(C)c2)cc1. The van der Waals surface area contributed by atoms with Crippen molar-refractivity contribution in [1.29, 1.82) is 0 Å². The van der Waals surface area contributed by atoms with Crippen molar-refractivity contribution in [3.8, 4) is 5.75 Å². The van der Waals surface area contributed by atoms with Crippen molar-refractivity contribution in [2.75, 3.05) is 6.61 Å². The normalized spacial score (nSPS) is 10.3. The number of ether oxygens (including phenoxy) is 1. The van der Waals surface area contributed by atoms with Gasteiger partial charge in [0.25, 0.3) is 0 Å². The van der Waals surface area contributed by atoms with E-state index < -0.39 is 0 Å². The Labute approximate surface area is 118 Å². The van der Waals surface area contributed by atoms with Gasteiger partial charge in [0.2, 0.25) is 5.91 Å². The summed E-state index contributed by atoms with van der Waals surface area (Å²) in [5.41, 5.74) is 1.96. The van der Waals surface area contributed by atoms with Crippen LogP contribution in [0.25, 0.3) is 0 Å². The predicted octanol–water partition coefficient (Wildman–Crippen LogP) is 1.68.